The standard InChI is InChI=1S/C13H29NOS/c1-5-9-14-13(4)7-6-10-16(15)11-8-12(2)3/h12-14H,5-11H2,1-4H3. The maximum Gasteiger partial charge on any atom is 0.0237 e. The van der Waals surface area contributed by atoms with Gasteiger partial charge >= 0.3 is 0 Å². The van der Waals surface area contributed by atoms with Gasteiger partial charge < -0.3 is 5.32 Å². The van der Waals surface area contributed by atoms with Crippen LogP contribution < -0.4 is 5.32 Å². The van der Waals surface area contributed by atoms with Gasteiger partial charge in [0.2, 0.25) is 0 Å². The Labute approximate surface area is 104 Å². The number of rotatable bonds is 10. The van der Waals surface area contributed by atoms with Gasteiger partial charge in [-0.25, -0.2) is 0 Å². The van der Waals surface area contributed by atoms with Crippen molar-refractivity contribution in [3.05, 3.63) is 0 Å². The van der Waals surface area contributed by atoms with Crippen molar-refractivity contribution in [1.82, 2.24) is 5.32 Å². The van der Waals surface area contributed by atoms with Crippen molar-refractivity contribution < 1.29 is 4.21 Å². The van der Waals surface area contributed by atoms with Crippen molar-refractivity contribution in [3.8, 4) is 0 Å². The molecular weight excluding hydrogens is 218 g/mol. The van der Waals surface area contributed by atoms with Gasteiger partial charge in [0.15, 0.2) is 0 Å². The molecule has 3 heteroatoms. The topological polar surface area (TPSA) is 29.1 Å². The summed E-state index contributed by atoms with van der Waals surface area (Å²) in [5, 5.41) is 3.46. The molecule has 0 heterocycles. The highest BCUT2D eigenvalue weighted by Crippen LogP contribution is 2.04. The molecular formula is C13H29NOS. The summed E-state index contributed by atoms with van der Waals surface area (Å²) in [6, 6.07) is 0.571. The molecule has 0 radical (unpaired) electrons. The van der Waals surface area contributed by atoms with E-state index in [9.17, 15) is 4.21 Å². The van der Waals surface area contributed by atoms with Gasteiger partial charge in [0.1, 0.15) is 0 Å². The summed E-state index contributed by atoms with van der Waals surface area (Å²) in [6.45, 7) is 9.87. The van der Waals surface area contributed by atoms with Crippen LogP contribution in [0, 0.1) is 5.92 Å². The molecule has 0 aromatic rings. The SMILES string of the molecule is CCCNC(C)CCCS(=O)CCC(C)C. The van der Waals surface area contributed by atoms with Gasteiger partial charge in [-0.3, -0.25) is 4.21 Å². The van der Waals surface area contributed by atoms with Crippen molar-refractivity contribution in [2.45, 2.75) is 59.4 Å². The molecule has 2 nitrogen and oxygen atoms in total. The Hall–Kier alpha value is 0.110. The zero-order valence-electron chi connectivity index (χ0n) is 11.4. The van der Waals surface area contributed by atoms with Crippen molar-refractivity contribution in [2.75, 3.05) is 18.1 Å². The fourth-order valence-corrected chi connectivity index (χ4v) is 2.94. The molecule has 1 N–H and O–H groups in total. The molecule has 0 aliphatic carbocycles. The smallest absolute Gasteiger partial charge is 0.0237 e. The van der Waals surface area contributed by atoms with Gasteiger partial charge in [-0.2, -0.15) is 0 Å². The van der Waals surface area contributed by atoms with Gasteiger partial charge in [-0.05, 0) is 45.1 Å². The average molecular weight is 247 g/mol. The lowest BCUT2D eigenvalue weighted by Crippen LogP contribution is -2.27. The molecule has 2 atom stereocenters. The van der Waals surface area contributed by atoms with E-state index in [4.69, 9.17) is 0 Å². The zero-order chi connectivity index (χ0) is 12.4. The fourth-order valence-electron chi connectivity index (χ4n) is 1.51. The quantitative estimate of drug-likeness (QED) is 0.643. The van der Waals surface area contributed by atoms with Crippen LogP contribution in [0.4, 0.5) is 0 Å². The van der Waals surface area contributed by atoms with Gasteiger partial charge in [0, 0.05) is 28.3 Å². The Bertz CT molecular complexity index is 183. The summed E-state index contributed by atoms with van der Waals surface area (Å²) < 4.78 is 11.6. The second kappa shape index (κ2) is 10.3. The third-order valence-electron chi connectivity index (χ3n) is 2.67. The van der Waals surface area contributed by atoms with Crippen LogP contribution in [-0.4, -0.2) is 28.3 Å². The fraction of sp³-hybridized carbons (Fsp3) is 1.00. The van der Waals surface area contributed by atoms with E-state index in [2.05, 4.69) is 33.0 Å². The second-order valence-electron chi connectivity index (χ2n) is 5.03. The lowest BCUT2D eigenvalue weighted by atomic mass is 10.2. The Kier molecular flexibility index (Phi) is 10.3. The lowest BCUT2D eigenvalue weighted by molar-refractivity contribution is 0.508. The van der Waals surface area contributed by atoms with E-state index in [1.807, 2.05) is 0 Å². The summed E-state index contributed by atoms with van der Waals surface area (Å²) in [6.07, 6.45) is 4.51. The minimum absolute atomic E-state index is 0.571. The summed E-state index contributed by atoms with van der Waals surface area (Å²) in [7, 11) is -0.591. The van der Waals surface area contributed by atoms with E-state index in [0.29, 0.717) is 12.0 Å². The van der Waals surface area contributed by atoms with Gasteiger partial charge in [0.05, 0.1) is 0 Å². The van der Waals surface area contributed by atoms with E-state index < -0.39 is 10.8 Å². The molecule has 0 aliphatic heterocycles. The predicted molar refractivity (Wildman–Crippen MR) is 74.3 cm³/mol. The van der Waals surface area contributed by atoms with E-state index in [0.717, 1.165) is 37.3 Å². The average Bonchev–Trinajstić information content (AvgIpc) is 2.23. The van der Waals surface area contributed by atoms with Gasteiger partial charge in [-0.1, -0.05) is 20.8 Å². The van der Waals surface area contributed by atoms with E-state index in [1.165, 1.54) is 6.42 Å². The van der Waals surface area contributed by atoms with Crippen molar-refractivity contribution in [3.63, 3.8) is 0 Å². The minimum Gasteiger partial charge on any atom is -0.314 e. The van der Waals surface area contributed by atoms with Crippen molar-refractivity contribution in [2.24, 2.45) is 5.92 Å². The first-order valence-corrected chi connectivity index (χ1v) is 8.13. The monoisotopic (exact) mass is 247 g/mol. The summed E-state index contributed by atoms with van der Waals surface area (Å²) >= 11 is 0. The lowest BCUT2D eigenvalue weighted by Gasteiger charge is -2.12. The van der Waals surface area contributed by atoms with Crippen LogP contribution in [0.5, 0.6) is 0 Å². The van der Waals surface area contributed by atoms with Crippen LogP contribution in [0.25, 0.3) is 0 Å². The second-order valence-corrected chi connectivity index (χ2v) is 6.72. The normalized spacial score (nSPS) is 15.3. The maximum absolute atomic E-state index is 11.6. The minimum atomic E-state index is -0.591. The molecule has 0 saturated heterocycles. The third kappa shape index (κ3) is 10.6. The van der Waals surface area contributed by atoms with Crippen molar-refractivity contribution >= 4 is 10.8 Å². The number of hydrogen-bond acceptors (Lipinski definition) is 2. The zero-order valence-corrected chi connectivity index (χ0v) is 12.2. The Morgan fingerprint density at radius 3 is 2.38 bits per heavy atom. The van der Waals surface area contributed by atoms with Crippen LogP contribution in [0.15, 0.2) is 0 Å². The molecule has 0 aliphatic rings. The largest absolute Gasteiger partial charge is 0.314 e. The molecule has 2 unspecified atom stereocenters. The first-order chi connectivity index (χ1) is 7.56. The first kappa shape index (κ1) is 16.1. The van der Waals surface area contributed by atoms with Crippen molar-refractivity contribution in [1.29, 1.82) is 0 Å². The Morgan fingerprint density at radius 1 is 1.12 bits per heavy atom. The molecule has 0 aromatic carbocycles. The Balaban J connectivity index is 3.39. The van der Waals surface area contributed by atoms with E-state index in [-0.39, 0.29) is 0 Å². The highest BCUT2D eigenvalue weighted by atomic mass is 32.2. The first-order valence-electron chi connectivity index (χ1n) is 6.64. The summed E-state index contributed by atoms with van der Waals surface area (Å²) in [4.78, 5) is 0. The summed E-state index contributed by atoms with van der Waals surface area (Å²) in [5.74, 6) is 2.44. The predicted octanol–water partition coefficient (Wildman–Crippen LogP) is 2.95. The maximum atomic E-state index is 11.6. The number of nitrogens with one attached hydrogen (secondary N) is 1. The molecule has 0 amide bonds. The molecule has 0 aromatic heterocycles. The number of hydrogen-bond donors (Lipinski definition) is 1. The van der Waals surface area contributed by atoms with Gasteiger partial charge in [-0.15, -0.1) is 0 Å². The van der Waals surface area contributed by atoms with E-state index in [1.54, 1.807) is 0 Å². The molecule has 0 saturated carbocycles. The molecule has 16 heavy (non-hydrogen) atoms. The van der Waals surface area contributed by atoms with Crippen LogP contribution in [0.1, 0.15) is 53.4 Å². The highest BCUT2D eigenvalue weighted by molar-refractivity contribution is 7.84. The third-order valence-corrected chi connectivity index (χ3v) is 4.11. The Morgan fingerprint density at radius 2 is 1.81 bits per heavy atom. The van der Waals surface area contributed by atoms with E-state index >= 15 is 0 Å². The summed E-state index contributed by atoms with van der Waals surface area (Å²) in [5.41, 5.74) is 0. The van der Waals surface area contributed by atoms with Crippen LogP contribution in [0.3, 0.4) is 0 Å². The molecule has 0 spiro atoms. The molecule has 0 fully saturated rings. The molecule has 0 rings (SSSR count). The van der Waals surface area contributed by atoms with Crippen LogP contribution in [-0.2, 0) is 10.8 Å². The molecule has 0 bridgehead atoms. The molecule has 98 valence electrons. The highest BCUT2D eigenvalue weighted by Gasteiger charge is 2.04. The van der Waals surface area contributed by atoms with Crippen LogP contribution in [0.2, 0.25) is 0 Å². The van der Waals surface area contributed by atoms with Crippen LogP contribution >= 0.6 is 0 Å². The van der Waals surface area contributed by atoms with Gasteiger partial charge in [0.25, 0.3) is 0 Å².